The van der Waals surface area contributed by atoms with Gasteiger partial charge in [-0.3, -0.25) is 24.2 Å². The summed E-state index contributed by atoms with van der Waals surface area (Å²) in [5.74, 6) is -6.33. The van der Waals surface area contributed by atoms with Gasteiger partial charge in [-0.05, 0) is 80.4 Å². The van der Waals surface area contributed by atoms with E-state index in [0.29, 0.717) is 29.0 Å². The standard InChI is InChI=1S/C37H39N3O8/c1-39(2)31-25-16-21-15-24-22(23-14-20(10-13-27(23)48-4)18-40(3)17-19-8-6-5-7-9-19)11-12-26(41)29(24)32(42)28(21)34(44)37(25,47)35(45)30(33(31)43)36(38)46/h5-14,21,25,31,41,43-44,47H,15-18H2,1-4H3,(H2,38,46)/t21-,25-,31-,37-/m0/s1. The second-order valence-corrected chi connectivity index (χ2v) is 13.1. The molecule has 0 aliphatic heterocycles. The van der Waals surface area contributed by atoms with E-state index in [4.69, 9.17) is 10.5 Å². The Hall–Kier alpha value is -4.97. The molecule has 11 nitrogen and oxygen atoms in total. The van der Waals surface area contributed by atoms with Crippen molar-refractivity contribution in [3.05, 3.63) is 106 Å². The number of aliphatic hydroxyl groups is 3. The molecule has 0 saturated carbocycles. The molecule has 0 spiro atoms. The summed E-state index contributed by atoms with van der Waals surface area (Å²) in [4.78, 5) is 43.8. The van der Waals surface area contributed by atoms with Crippen LogP contribution in [0.1, 0.15) is 33.5 Å². The van der Waals surface area contributed by atoms with Crippen LogP contribution in [-0.4, -0.2) is 87.6 Å². The van der Waals surface area contributed by atoms with Gasteiger partial charge in [0.2, 0.25) is 5.78 Å². The number of nitrogens with two attached hydrogens (primary N) is 1. The Balaban J connectivity index is 1.44. The Bertz CT molecular complexity index is 1900. The van der Waals surface area contributed by atoms with Gasteiger partial charge < -0.3 is 30.9 Å². The normalized spacial score (nSPS) is 23.7. The molecule has 0 aromatic heterocycles. The summed E-state index contributed by atoms with van der Waals surface area (Å²) in [6.45, 7) is 1.36. The van der Waals surface area contributed by atoms with Gasteiger partial charge in [0.15, 0.2) is 11.4 Å². The number of likely N-dealkylation sites (N-methyl/N-ethyl adjacent to an activating group) is 1. The molecule has 6 N–H and O–H groups in total. The highest BCUT2D eigenvalue weighted by Crippen LogP contribution is 2.53. The summed E-state index contributed by atoms with van der Waals surface area (Å²) in [6, 6.07) is 18.0. The molecule has 0 unspecified atom stereocenters. The third-order valence-corrected chi connectivity index (χ3v) is 9.91. The summed E-state index contributed by atoms with van der Waals surface area (Å²) in [5, 5.41) is 45.5. The lowest BCUT2D eigenvalue weighted by Crippen LogP contribution is -2.63. The molecular formula is C37H39N3O8. The van der Waals surface area contributed by atoms with Gasteiger partial charge in [0.1, 0.15) is 28.6 Å². The van der Waals surface area contributed by atoms with Crippen LogP contribution in [0.25, 0.3) is 11.1 Å². The number of carbonyl (C=O) groups excluding carboxylic acids is 3. The molecule has 250 valence electrons. The second-order valence-electron chi connectivity index (χ2n) is 13.1. The van der Waals surface area contributed by atoms with Crippen molar-refractivity contribution < 1.29 is 39.5 Å². The van der Waals surface area contributed by atoms with Crippen LogP contribution in [0.3, 0.4) is 0 Å². The lowest BCUT2D eigenvalue weighted by atomic mass is 9.58. The van der Waals surface area contributed by atoms with Crippen LogP contribution in [-0.2, 0) is 29.1 Å². The monoisotopic (exact) mass is 653 g/mol. The molecule has 0 saturated heterocycles. The number of amides is 1. The number of hydrogen-bond acceptors (Lipinski definition) is 10. The van der Waals surface area contributed by atoms with Gasteiger partial charge in [0.25, 0.3) is 5.91 Å². The smallest absolute Gasteiger partial charge is 0.255 e. The number of fused-ring (bicyclic) bond motifs is 3. The molecule has 0 bridgehead atoms. The van der Waals surface area contributed by atoms with E-state index in [1.807, 2.05) is 43.4 Å². The number of phenols is 1. The first-order valence-electron chi connectivity index (χ1n) is 15.7. The van der Waals surface area contributed by atoms with Crippen LogP contribution in [0.15, 0.2) is 83.3 Å². The fourth-order valence-corrected chi connectivity index (χ4v) is 7.83. The molecule has 3 aromatic carbocycles. The Labute approximate surface area is 278 Å². The van der Waals surface area contributed by atoms with Crippen LogP contribution in [0.5, 0.6) is 11.5 Å². The number of methoxy groups -OCH3 is 1. The highest BCUT2D eigenvalue weighted by Gasteiger charge is 2.63. The maximum atomic E-state index is 14.2. The zero-order valence-corrected chi connectivity index (χ0v) is 27.2. The van der Waals surface area contributed by atoms with Crippen LogP contribution in [0.2, 0.25) is 0 Å². The Kier molecular flexibility index (Phi) is 8.40. The lowest BCUT2D eigenvalue weighted by Gasteiger charge is -2.50. The van der Waals surface area contributed by atoms with Crippen LogP contribution < -0.4 is 10.5 Å². The predicted molar refractivity (Wildman–Crippen MR) is 177 cm³/mol. The van der Waals surface area contributed by atoms with E-state index in [1.54, 1.807) is 27.3 Å². The van der Waals surface area contributed by atoms with E-state index >= 15 is 0 Å². The van der Waals surface area contributed by atoms with Gasteiger partial charge in [0.05, 0.1) is 18.7 Å². The van der Waals surface area contributed by atoms with Crippen molar-refractivity contribution in [2.24, 2.45) is 17.6 Å². The SMILES string of the molecule is COc1ccc(CN(C)Cc2ccccc2)cc1-c1ccc(O)c2c1C[C@H]1C[C@H]3[C@H](N(C)C)C(O)=C(C(N)=O)C(=O)[C@@]3(O)C(O)=C1C2=O. The second kappa shape index (κ2) is 12.2. The highest BCUT2D eigenvalue weighted by atomic mass is 16.5. The first-order chi connectivity index (χ1) is 22.8. The summed E-state index contributed by atoms with van der Waals surface area (Å²) in [7, 11) is 6.78. The van der Waals surface area contributed by atoms with Crippen LogP contribution in [0.4, 0.5) is 0 Å². The predicted octanol–water partition coefficient (Wildman–Crippen LogP) is 3.43. The highest BCUT2D eigenvalue weighted by molar-refractivity contribution is 6.25. The van der Waals surface area contributed by atoms with Crippen molar-refractivity contribution in [3.8, 4) is 22.6 Å². The average molecular weight is 654 g/mol. The summed E-state index contributed by atoms with van der Waals surface area (Å²) in [5.41, 5.74) is 5.71. The molecule has 11 heteroatoms. The molecule has 3 aromatic rings. The fraction of sp³-hybridized carbons (Fsp3) is 0.324. The van der Waals surface area contributed by atoms with Gasteiger partial charge in [-0.25, -0.2) is 0 Å². The third-order valence-electron chi connectivity index (χ3n) is 9.91. The molecule has 3 aliphatic rings. The topological polar surface area (TPSA) is 174 Å². The lowest BCUT2D eigenvalue weighted by molar-refractivity contribution is -0.148. The number of Topliss-reactive ketones (excluding diaryl/α,β-unsaturated/α-hetero) is 2. The number of carbonyl (C=O) groups is 3. The van der Waals surface area contributed by atoms with Gasteiger partial charge >= 0.3 is 0 Å². The van der Waals surface area contributed by atoms with Crippen LogP contribution in [0, 0.1) is 11.8 Å². The number of phenolic OH excluding ortho intramolecular Hbond substituents is 1. The van der Waals surface area contributed by atoms with E-state index in [1.165, 1.54) is 16.5 Å². The molecule has 3 aliphatic carbocycles. The number of benzene rings is 3. The Morgan fingerprint density at radius 1 is 0.958 bits per heavy atom. The molecular weight excluding hydrogens is 614 g/mol. The van der Waals surface area contributed by atoms with E-state index in [9.17, 15) is 34.8 Å². The van der Waals surface area contributed by atoms with E-state index in [0.717, 1.165) is 12.1 Å². The minimum absolute atomic E-state index is 0.00230. The van der Waals surface area contributed by atoms with Crippen molar-refractivity contribution in [1.82, 2.24) is 9.80 Å². The summed E-state index contributed by atoms with van der Waals surface area (Å²) < 4.78 is 5.75. The van der Waals surface area contributed by atoms with E-state index in [-0.39, 0.29) is 29.7 Å². The first kappa shape index (κ1) is 33.0. The molecule has 48 heavy (non-hydrogen) atoms. The number of hydrogen-bond donors (Lipinski definition) is 5. The molecule has 1 amide bonds. The third kappa shape index (κ3) is 5.15. The minimum Gasteiger partial charge on any atom is -0.510 e. The van der Waals surface area contributed by atoms with Crippen molar-refractivity contribution in [2.45, 2.75) is 37.6 Å². The minimum atomic E-state index is -2.69. The number of primary amides is 1. The number of ether oxygens (including phenoxy) is 1. The zero-order chi connectivity index (χ0) is 34.7. The Morgan fingerprint density at radius 3 is 2.29 bits per heavy atom. The number of aliphatic hydroxyl groups excluding tert-OH is 2. The number of aromatic hydroxyl groups is 1. The maximum Gasteiger partial charge on any atom is 0.255 e. The van der Waals surface area contributed by atoms with Crippen LogP contribution >= 0.6 is 0 Å². The number of allylic oxidation sites excluding steroid dienone is 1. The van der Waals surface area contributed by atoms with Gasteiger partial charge in [-0.2, -0.15) is 0 Å². The summed E-state index contributed by atoms with van der Waals surface area (Å²) in [6.07, 6.45) is 0.169. The van der Waals surface area contributed by atoms with Gasteiger partial charge in [-0.1, -0.05) is 42.5 Å². The molecule has 0 heterocycles. The fourth-order valence-electron chi connectivity index (χ4n) is 7.83. The number of rotatable bonds is 8. The van der Waals surface area contributed by atoms with E-state index < -0.39 is 58.0 Å². The quantitative estimate of drug-likeness (QED) is 0.227. The van der Waals surface area contributed by atoms with Crippen molar-refractivity contribution >= 4 is 17.5 Å². The van der Waals surface area contributed by atoms with Gasteiger partial charge in [-0.15, -0.1) is 0 Å². The maximum absolute atomic E-state index is 14.2. The molecule has 0 radical (unpaired) electrons. The zero-order valence-electron chi connectivity index (χ0n) is 27.2. The van der Waals surface area contributed by atoms with Gasteiger partial charge in [0, 0.05) is 30.1 Å². The Morgan fingerprint density at radius 2 is 1.65 bits per heavy atom. The molecule has 6 rings (SSSR count). The van der Waals surface area contributed by atoms with Crippen molar-refractivity contribution in [3.63, 3.8) is 0 Å². The number of ketones is 2. The molecule has 0 fully saturated rings. The average Bonchev–Trinajstić information content (AvgIpc) is 3.03. The largest absolute Gasteiger partial charge is 0.510 e. The van der Waals surface area contributed by atoms with E-state index in [2.05, 4.69) is 17.0 Å². The summed E-state index contributed by atoms with van der Waals surface area (Å²) >= 11 is 0. The first-order valence-corrected chi connectivity index (χ1v) is 15.7. The number of nitrogens with zero attached hydrogens (tertiary/aromatic N) is 2. The van der Waals surface area contributed by atoms with Crippen molar-refractivity contribution in [1.29, 1.82) is 0 Å². The molecule has 4 atom stereocenters. The van der Waals surface area contributed by atoms with Crippen molar-refractivity contribution in [2.75, 3.05) is 28.3 Å².